The van der Waals surface area contributed by atoms with Gasteiger partial charge >= 0.3 is 17.1 Å². The number of allylic oxidation sites excluding steroid dienone is 1. The Balaban J connectivity index is 1.50. The monoisotopic (exact) mass is 637 g/mol. The van der Waals surface area contributed by atoms with Crippen LogP contribution in [0.25, 0.3) is 0 Å². The van der Waals surface area contributed by atoms with Crippen LogP contribution in [0.15, 0.2) is 48.0 Å². The predicted molar refractivity (Wildman–Crippen MR) is 153 cm³/mol. The molecule has 2 aliphatic heterocycles. The number of β-lactam (4-membered cyclic amide) rings is 1. The molecule has 3 amide bonds. The molecule has 0 spiro atoms. The van der Waals surface area contributed by atoms with E-state index in [1.807, 2.05) is 0 Å². The fourth-order valence-electron chi connectivity index (χ4n) is 3.90. The molecule has 0 bridgehead atoms. The lowest BCUT2D eigenvalue weighted by Gasteiger charge is -2.49. The van der Waals surface area contributed by atoms with E-state index in [0.29, 0.717) is 5.57 Å². The molecule has 1 saturated heterocycles. The number of aliphatic carboxylic acids is 1. The van der Waals surface area contributed by atoms with Gasteiger partial charge in [-0.1, -0.05) is 16.9 Å². The van der Waals surface area contributed by atoms with Crippen molar-refractivity contribution < 1.29 is 29.1 Å². The Morgan fingerprint density at radius 3 is 2.76 bits per heavy atom. The highest BCUT2D eigenvalue weighted by molar-refractivity contribution is 8.02. The third-order valence-corrected chi connectivity index (χ3v) is 8.50. The number of thiazole rings is 1. The van der Waals surface area contributed by atoms with Crippen molar-refractivity contribution in [3.63, 3.8) is 0 Å². The number of rotatable bonds is 11. The quantitative estimate of drug-likeness (QED) is 0.0620. The van der Waals surface area contributed by atoms with Crippen molar-refractivity contribution in [2.24, 2.45) is 5.16 Å². The number of amides is 3. The van der Waals surface area contributed by atoms with Crippen molar-refractivity contribution >= 4 is 69.4 Å². The number of oxime groups is 1. The van der Waals surface area contributed by atoms with Gasteiger partial charge in [0.05, 0.1) is 0 Å². The minimum absolute atomic E-state index is 0.0197. The average Bonchev–Trinajstić information content (AvgIpc) is 3.38. The molecule has 222 valence electrons. The van der Waals surface area contributed by atoms with Crippen LogP contribution in [0.1, 0.15) is 12.6 Å². The summed E-state index contributed by atoms with van der Waals surface area (Å²) in [5.74, 6) is -2.87. The number of fused-ring (bicyclic) bond motifs is 1. The van der Waals surface area contributed by atoms with Gasteiger partial charge in [-0.05, 0) is 17.1 Å². The van der Waals surface area contributed by atoms with Gasteiger partial charge in [0.15, 0.2) is 16.0 Å². The second kappa shape index (κ2) is 13.0. The van der Waals surface area contributed by atoms with E-state index in [0.717, 1.165) is 32.6 Å². The van der Waals surface area contributed by atoms with Gasteiger partial charge < -0.3 is 26.3 Å². The lowest BCUT2D eigenvalue weighted by atomic mass is 10.0. The van der Waals surface area contributed by atoms with Crippen LogP contribution in [0.3, 0.4) is 0 Å². The summed E-state index contributed by atoms with van der Waals surface area (Å²) in [7, 11) is 1.24. The lowest BCUT2D eigenvalue weighted by Crippen LogP contribution is -2.71. The second-order valence-electron chi connectivity index (χ2n) is 8.43. The average molecular weight is 638 g/mol. The molecule has 2 atom stereocenters. The minimum atomic E-state index is -1.35. The molecule has 0 aliphatic carbocycles. The molecule has 4 heterocycles. The molecule has 4 rings (SSSR count). The first-order valence-electron chi connectivity index (χ1n) is 11.8. The van der Waals surface area contributed by atoms with Gasteiger partial charge in [0.2, 0.25) is 5.91 Å². The number of hydrogen-bond acceptors (Lipinski definition) is 14. The van der Waals surface area contributed by atoms with E-state index in [9.17, 15) is 33.9 Å². The van der Waals surface area contributed by atoms with Crippen LogP contribution in [0.2, 0.25) is 0 Å². The van der Waals surface area contributed by atoms with E-state index < -0.39 is 40.3 Å². The summed E-state index contributed by atoms with van der Waals surface area (Å²) in [6, 6.07) is -1.03. The summed E-state index contributed by atoms with van der Waals surface area (Å²) >= 11 is 3.25. The van der Waals surface area contributed by atoms with Gasteiger partial charge in [-0.15, -0.1) is 28.2 Å². The molecule has 17 nitrogen and oxygen atoms in total. The molecule has 0 aromatic carbocycles. The van der Waals surface area contributed by atoms with E-state index in [1.54, 1.807) is 0 Å². The fraction of sp³-hybridized carbons (Fsp3) is 0.318. The zero-order valence-corrected chi connectivity index (χ0v) is 24.3. The zero-order valence-electron chi connectivity index (χ0n) is 21.9. The highest BCUT2D eigenvalue weighted by Gasteiger charge is 2.54. The molecule has 2 aliphatic rings. The number of aromatic amines is 1. The molecule has 6 N–H and O–H groups in total. The fourth-order valence-corrected chi connectivity index (χ4v) is 6.52. The van der Waals surface area contributed by atoms with E-state index in [1.165, 1.54) is 42.7 Å². The number of carboxylic acid groups (broad SMARTS) is 1. The van der Waals surface area contributed by atoms with Crippen molar-refractivity contribution in [1.29, 1.82) is 0 Å². The zero-order chi connectivity index (χ0) is 30.6. The van der Waals surface area contributed by atoms with Crippen molar-refractivity contribution in [3.8, 4) is 0 Å². The standard InChI is InChI=1S/C22H23N9O8S3/c1-9(32)24-4-5-30-18(36)16(34)27-28-22(30)40-6-3-10-7-41-19-13(17(35)31(19)14(10)20(37)38)26-15(33)12(29-39-2)11-8-42-21(23)25-11/h3,6,8,13,19H,4-5,7H2,1-2H3,(H2,23,25)(H,24,32)(H,26,33)(H,27,34)(H,37,38)/b6-3+,29-12+. The molecular formula is C22H23N9O8S3. The Bertz CT molecular complexity index is 1640. The van der Waals surface area contributed by atoms with Gasteiger partial charge in [-0.3, -0.25) is 33.4 Å². The molecule has 2 aromatic rings. The predicted octanol–water partition coefficient (Wildman–Crippen LogP) is -1.50. The lowest BCUT2D eigenvalue weighted by molar-refractivity contribution is -0.150. The number of nitrogens with two attached hydrogens (primary N) is 1. The first kappa shape index (κ1) is 30.5. The molecule has 2 aromatic heterocycles. The van der Waals surface area contributed by atoms with Crippen molar-refractivity contribution in [3.05, 3.63) is 54.5 Å². The first-order valence-corrected chi connectivity index (χ1v) is 14.7. The van der Waals surface area contributed by atoms with Gasteiger partial charge in [-0.2, -0.15) is 0 Å². The number of hydrogen-bond donors (Lipinski definition) is 5. The summed E-state index contributed by atoms with van der Waals surface area (Å²) in [5, 5.41) is 27.2. The van der Waals surface area contributed by atoms with Crippen molar-refractivity contribution in [2.45, 2.75) is 30.0 Å². The molecule has 0 radical (unpaired) electrons. The summed E-state index contributed by atoms with van der Waals surface area (Å²) in [4.78, 5) is 83.1. The maximum Gasteiger partial charge on any atom is 0.352 e. The van der Waals surface area contributed by atoms with Crippen molar-refractivity contribution in [1.82, 2.24) is 35.3 Å². The third kappa shape index (κ3) is 6.39. The maximum absolute atomic E-state index is 13.0. The largest absolute Gasteiger partial charge is 0.477 e. The van der Waals surface area contributed by atoms with Crippen LogP contribution in [0, 0.1) is 0 Å². The van der Waals surface area contributed by atoms with Gasteiger partial charge in [-0.25, -0.2) is 14.9 Å². The SMILES string of the molecule is CO/N=C(/C(=O)NC1C(=O)N2C(C(=O)O)=C(/C=C/Sc3n[nH]c(=O)c(=O)n3CCNC(C)=O)CSC12)c1csc(N)n1. The van der Waals surface area contributed by atoms with E-state index in [2.05, 4.69) is 31.0 Å². The molecule has 2 unspecified atom stereocenters. The Morgan fingerprint density at radius 1 is 1.36 bits per heavy atom. The molecule has 0 saturated carbocycles. The molecule has 42 heavy (non-hydrogen) atoms. The van der Waals surface area contributed by atoms with Crippen molar-refractivity contribution in [2.75, 3.05) is 25.1 Å². The number of carboxylic acids is 1. The van der Waals surface area contributed by atoms with Crippen LogP contribution in [-0.4, -0.2) is 90.0 Å². The van der Waals surface area contributed by atoms with E-state index in [-0.39, 0.29) is 52.1 Å². The van der Waals surface area contributed by atoms with E-state index >= 15 is 0 Å². The second-order valence-corrected chi connectivity index (χ2v) is 11.3. The number of thioether (sulfide) groups is 2. The Morgan fingerprint density at radius 2 is 2.12 bits per heavy atom. The number of nitrogen functional groups attached to an aromatic ring is 1. The molecule has 20 heteroatoms. The van der Waals surface area contributed by atoms with Crippen LogP contribution < -0.4 is 27.5 Å². The van der Waals surface area contributed by atoms with Crippen LogP contribution in [-0.2, 0) is 30.6 Å². The maximum atomic E-state index is 13.0. The summed E-state index contributed by atoms with van der Waals surface area (Å²) in [5.41, 5.74) is 3.82. The Kier molecular flexibility index (Phi) is 9.48. The number of nitrogens with zero attached hydrogens (tertiary/aromatic N) is 5. The summed E-state index contributed by atoms with van der Waals surface area (Å²) in [6.45, 7) is 1.37. The summed E-state index contributed by atoms with van der Waals surface area (Å²) < 4.78 is 1.08. The van der Waals surface area contributed by atoms with Crippen LogP contribution in [0.4, 0.5) is 5.13 Å². The minimum Gasteiger partial charge on any atom is -0.477 e. The van der Waals surface area contributed by atoms with Crippen LogP contribution >= 0.6 is 34.9 Å². The smallest absolute Gasteiger partial charge is 0.352 e. The normalized spacial score (nSPS) is 18.5. The van der Waals surface area contributed by atoms with Gasteiger partial charge in [0.1, 0.15) is 29.9 Å². The Hall–Kier alpha value is -4.43. The number of aromatic nitrogens is 4. The number of carbonyl (C=O) groups is 4. The summed E-state index contributed by atoms with van der Waals surface area (Å²) in [6.07, 6.45) is 1.46. The highest BCUT2D eigenvalue weighted by Crippen LogP contribution is 2.41. The number of carbonyl (C=O) groups excluding carboxylic acids is 3. The first-order chi connectivity index (χ1) is 20.0. The van der Waals surface area contributed by atoms with Gasteiger partial charge in [0.25, 0.3) is 11.8 Å². The third-order valence-electron chi connectivity index (χ3n) is 5.72. The topological polar surface area (TPSA) is 244 Å². The Labute approximate surface area is 248 Å². The molecular weight excluding hydrogens is 614 g/mol. The number of H-pyrrole nitrogens is 1. The molecule has 1 fully saturated rings. The van der Waals surface area contributed by atoms with E-state index in [4.69, 9.17) is 10.6 Å². The number of anilines is 1. The van der Waals surface area contributed by atoms with Crippen LogP contribution in [0.5, 0.6) is 0 Å². The van der Waals surface area contributed by atoms with Gasteiger partial charge in [0, 0.05) is 31.1 Å². The number of nitrogens with one attached hydrogen (secondary N) is 3. The highest BCUT2D eigenvalue weighted by atomic mass is 32.2.